The molecule has 3 nitrogen and oxygen atoms in total. The van der Waals surface area contributed by atoms with Crippen LogP contribution < -0.4 is 11.1 Å². The van der Waals surface area contributed by atoms with Crippen molar-refractivity contribution in [1.29, 1.82) is 0 Å². The fourth-order valence-corrected chi connectivity index (χ4v) is 0.809. The maximum Gasteiger partial charge on any atom is 0.221 e. The van der Waals surface area contributed by atoms with E-state index in [1.807, 2.05) is 0 Å². The molecule has 1 heterocycles. The largest absolute Gasteiger partial charge is 0.356 e. The molecule has 8 heavy (non-hydrogen) atoms. The minimum Gasteiger partial charge on any atom is -0.356 e. The second-order valence-electron chi connectivity index (χ2n) is 2.10. The lowest BCUT2D eigenvalue weighted by atomic mass is 10.1. The van der Waals surface area contributed by atoms with E-state index in [1.165, 1.54) is 0 Å². The number of hydrogen-bond acceptors (Lipinski definition) is 2. The molecule has 1 amide bonds. The third-order valence-corrected chi connectivity index (χ3v) is 1.28. The number of nitrogens with two attached hydrogens (primary N) is 1. The van der Waals surface area contributed by atoms with E-state index in [0.717, 1.165) is 13.0 Å². The molecule has 0 spiro atoms. The molecular weight excluding hydrogens is 104 g/mol. The monoisotopic (exact) mass is 114 g/mol. The second-order valence-corrected chi connectivity index (χ2v) is 2.10. The minimum absolute atomic E-state index is 0.0868. The van der Waals surface area contributed by atoms with Gasteiger partial charge in [0.1, 0.15) is 0 Å². The first-order valence-corrected chi connectivity index (χ1v) is 2.81. The Morgan fingerprint density at radius 2 is 2.50 bits per heavy atom. The van der Waals surface area contributed by atoms with Crippen molar-refractivity contribution in [3.05, 3.63) is 0 Å². The van der Waals surface area contributed by atoms with Crippen LogP contribution in [0, 0.1) is 0 Å². The van der Waals surface area contributed by atoms with Gasteiger partial charge in [-0.3, -0.25) is 4.79 Å². The summed E-state index contributed by atoms with van der Waals surface area (Å²) in [7, 11) is 0. The first kappa shape index (κ1) is 5.56. The number of carbonyl (C=O) groups excluding carboxylic acids is 1. The average Bonchev–Trinajstić information content (AvgIpc) is 1.64. The summed E-state index contributed by atoms with van der Waals surface area (Å²) in [4.78, 5) is 10.5. The van der Waals surface area contributed by atoms with Gasteiger partial charge in [-0.05, 0) is 6.42 Å². The molecule has 0 radical (unpaired) electrons. The van der Waals surface area contributed by atoms with Gasteiger partial charge in [0.05, 0.1) is 0 Å². The Hall–Kier alpha value is -0.570. The molecule has 0 unspecified atom stereocenters. The minimum atomic E-state index is 0.0868. The van der Waals surface area contributed by atoms with Gasteiger partial charge >= 0.3 is 0 Å². The smallest absolute Gasteiger partial charge is 0.221 e. The lowest BCUT2D eigenvalue weighted by Crippen LogP contribution is -2.40. The number of nitrogens with one attached hydrogen (secondary N) is 1. The van der Waals surface area contributed by atoms with Gasteiger partial charge in [-0.25, -0.2) is 0 Å². The molecule has 0 aliphatic carbocycles. The molecule has 3 N–H and O–H groups in total. The second kappa shape index (κ2) is 2.13. The van der Waals surface area contributed by atoms with Crippen molar-refractivity contribution in [2.45, 2.75) is 18.9 Å². The summed E-state index contributed by atoms with van der Waals surface area (Å²) in [6, 6.07) is 0.101. The highest BCUT2D eigenvalue weighted by atomic mass is 16.1. The molecule has 1 saturated heterocycles. The summed E-state index contributed by atoms with van der Waals surface area (Å²) in [6.07, 6.45) is 1.42. The van der Waals surface area contributed by atoms with Gasteiger partial charge in [-0.1, -0.05) is 0 Å². The Morgan fingerprint density at radius 3 is 2.88 bits per heavy atom. The quantitative estimate of drug-likeness (QED) is 0.434. The molecule has 1 rings (SSSR count). The molecule has 3 heteroatoms. The Bertz CT molecular complexity index is 103. The van der Waals surface area contributed by atoms with Crippen LogP contribution in [0.15, 0.2) is 0 Å². The van der Waals surface area contributed by atoms with Gasteiger partial charge in [-0.2, -0.15) is 0 Å². The molecule has 0 aromatic carbocycles. The van der Waals surface area contributed by atoms with E-state index in [0.29, 0.717) is 6.42 Å². The highest BCUT2D eigenvalue weighted by Gasteiger charge is 2.13. The number of amides is 1. The van der Waals surface area contributed by atoms with Crippen molar-refractivity contribution in [3.63, 3.8) is 0 Å². The van der Waals surface area contributed by atoms with Gasteiger partial charge in [0.25, 0.3) is 0 Å². The highest BCUT2D eigenvalue weighted by Crippen LogP contribution is 1.98. The van der Waals surface area contributed by atoms with Crippen molar-refractivity contribution < 1.29 is 4.79 Å². The summed E-state index contributed by atoms with van der Waals surface area (Å²) in [6.45, 7) is 0.750. The van der Waals surface area contributed by atoms with E-state index in [9.17, 15) is 4.79 Å². The van der Waals surface area contributed by atoms with Gasteiger partial charge in [-0.15, -0.1) is 0 Å². The van der Waals surface area contributed by atoms with Crippen LogP contribution in [0.5, 0.6) is 0 Å². The van der Waals surface area contributed by atoms with E-state index in [2.05, 4.69) is 5.32 Å². The lowest BCUT2D eigenvalue weighted by Gasteiger charge is -2.16. The van der Waals surface area contributed by atoms with Gasteiger partial charge < -0.3 is 11.1 Å². The van der Waals surface area contributed by atoms with Crippen LogP contribution in [-0.2, 0) is 4.79 Å². The van der Waals surface area contributed by atoms with Crippen LogP contribution in [-0.4, -0.2) is 18.5 Å². The maximum atomic E-state index is 10.5. The predicted molar refractivity (Wildman–Crippen MR) is 30.2 cm³/mol. The van der Waals surface area contributed by atoms with E-state index in [-0.39, 0.29) is 11.9 Å². The first-order valence-electron chi connectivity index (χ1n) is 2.81. The third-order valence-electron chi connectivity index (χ3n) is 1.28. The van der Waals surface area contributed by atoms with Crippen LogP contribution >= 0.6 is 0 Å². The zero-order valence-electron chi connectivity index (χ0n) is 4.68. The number of piperidine rings is 1. The van der Waals surface area contributed by atoms with E-state index < -0.39 is 0 Å². The normalized spacial score (nSPS) is 29.6. The molecule has 1 aliphatic rings. The van der Waals surface area contributed by atoms with Crippen molar-refractivity contribution in [3.8, 4) is 0 Å². The molecule has 1 fully saturated rings. The zero-order chi connectivity index (χ0) is 5.98. The molecule has 0 aromatic heterocycles. The van der Waals surface area contributed by atoms with Crippen molar-refractivity contribution in [2.75, 3.05) is 6.54 Å². The number of hydrogen-bond donors (Lipinski definition) is 2. The van der Waals surface area contributed by atoms with Crippen molar-refractivity contribution in [2.24, 2.45) is 5.73 Å². The van der Waals surface area contributed by atoms with Gasteiger partial charge in [0, 0.05) is 19.0 Å². The van der Waals surface area contributed by atoms with E-state index >= 15 is 0 Å². The third kappa shape index (κ3) is 1.20. The van der Waals surface area contributed by atoms with Crippen LogP contribution in [0.2, 0.25) is 0 Å². The fraction of sp³-hybridized carbons (Fsp3) is 0.800. The van der Waals surface area contributed by atoms with Crippen LogP contribution in [0.3, 0.4) is 0 Å². The highest BCUT2D eigenvalue weighted by molar-refractivity contribution is 5.77. The van der Waals surface area contributed by atoms with Gasteiger partial charge in [0.15, 0.2) is 0 Å². The topological polar surface area (TPSA) is 55.1 Å². The summed E-state index contributed by atoms with van der Waals surface area (Å²) < 4.78 is 0. The SMILES string of the molecule is N[C@@H]1CCNC(=O)C1. The molecule has 1 aliphatic heterocycles. The summed E-state index contributed by atoms with van der Waals surface area (Å²) in [5.41, 5.74) is 5.46. The average molecular weight is 114 g/mol. The van der Waals surface area contributed by atoms with E-state index in [1.54, 1.807) is 0 Å². The standard InChI is InChI=1S/C5H10N2O/c6-4-1-2-7-5(8)3-4/h4H,1-3,6H2,(H,7,8)/t4-/m1/s1. The first-order chi connectivity index (χ1) is 3.79. The van der Waals surface area contributed by atoms with Crippen molar-refractivity contribution >= 4 is 5.91 Å². The Kier molecular flexibility index (Phi) is 1.48. The zero-order valence-corrected chi connectivity index (χ0v) is 4.68. The molecule has 1 atom stereocenters. The fourth-order valence-electron chi connectivity index (χ4n) is 0.809. The van der Waals surface area contributed by atoms with Crippen LogP contribution in [0.4, 0.5) is 0 Å². The summed E-state index contributed by atoms with van der Waals surface area (Å²) >= 11 is 0. The molecule has 0 bridgehead atoms. The summed E-state index contributed by atoms with van der Waals surface area (Å²) in [5, 5.41) is 2.69. The van der Waals surface area contributed by atoms with Crippen molar-refractivity contribution in [1.82, 2.24) is 5.32 Å². The Balaban J connectivity index is 2.34. The molecule has 0 aromatic rings. The molecular formula is C5H10N2O. The number of carbonyl (C=O) groups is 1. The van der Waals surface area contributed by atoms with Crippen LogP contribution in [0.1, 0.15) is 12.8 Å². The maximum absolute atomic E-state index is 10.5. The Labute approximate surface area is 48.2 Å². The van der Waals surface area contributed by atoms with E-state index in [4.69, 9.17) is 5.73 Å². The number of rotatable bonds is 0. The van der Waals surface area contributed by atoms with Gasteiger partial charge in [0.2, 0.25) is 5.91 Å². The molecule has 46 valence electrons. The molecule has 0 saturated carbocycles. The summed E-state index contributed by atoms with van der Waals surface area (Å²) in [5.74, 6) is 0.0868. The lowest BCUT2D eigenvalue weighted by molar-refractivity contribution is -0.122. The van der Waals surface area contributed by atoms with Crippen LogP contribution in [0.25, 0.3) is 0 Å². The predicted octanol–water partition coefficient (Wildman–Crippen LogP) is -0.776. The Morgan fingerprint density at radius 1 is 1.75 bits per heavy atom.